The van der Waals surface area contributed by atoms with Crippen LogP contribution in [0.15, 0.2) is 59.5 Å². The number of sulfonamides is 1. The number of hydrogen-bond donors (Lipinski definition) is 0. The molecule has 2 aliphatic heterocycles. The van der Waals surface area contributed by atoms with Gasteiger partial charge in [0.2, 0.25) is 15.9 Å². The van der Waals surface area contributed by atoms with E-state index in [1.54, 1.807) is 16.4 Å². The molecule has 0 saturated carbocycles. The van der Waals surface area contributed by atoms with Crippen molar-refractivity contribution in [2.75, 3.05) is 19.6 Å². The minimum absolute atomic E-state index is 0.0981. The molecule has 2 aromatic rings. The van der Waals surface area contributed by atoms with Gasteiger partial charge in [0.1, 0.15) is 0 Å². The fourth-order valence-corrected chi connectivity index (χ4v) is 6.27. The number of likely N-dealkylation sites (tertiary alicyclic amines) is 1. The summed E-state index contributed by atoms with van der Waals surface area (Å²) in [6.45, 7) is 5.77. The second-order valence-corrected chi connectivity index (χ2v) is 10.9. The zero-order valence-electron chi connectivity index (χ0n) is 18.4. The van der Waals surface area contributed by atoms with Gasteiger partial charge in [-0.05, 0) is 54.9 Å². The van der Waals surface area contributed by atoms with Crippen LogP contribution in [0.2, 0.25) is 0 Å². The Bertz CT molecular complexity index is 995. The quantitative estimate of drug-likeness (QED) is 0.684. The van der Waals surface area contributed by atoms with Crippen LogP contribution in [0.5, 0.6) is 0 Å². The predicted molar refractivity (Wildman–Crippen MR) is 122 cm³/mol. The number of benzene rings is 2. The highest BCUT2D eigenvalue weighted by Crippen LogP contribution is 2.35. The molecule has 6 heteroatoms. The Morgan fingerprint density at radius 2 is 1.55 bits per heavy atom. The lowest BCUT2D eigenvalue weighted by atomic mass is 9.95. The summed E-state index contributed by atoms with van der Waals surface area (Å²) < 4.78 is 27.7. The van der Waals surface area contributed by atoms with E-state index in [1.165, 1.54) is 5.56 Å². The van der Waals surface area contributed by atoms with Crippen molar-refractivity contribution in [3.8, 4) is 0 Å². The maximum atomic E-state index is 13.3. The van der Waals surface area contributed by atoms with Gasteiger partial charge in [0, 0.05) is 25.6 Å². The van der Waals surface area contributed by atoms with Crippen LogP contribution in [0.25, 0.3) is 0 Å². The minimum Gasteiger partial charge on any atom is -0.335 e. The molecule has 0 aliphatic carbocycles. The van der Waals surface area contributed by atoms with E-state index in [0.29, 0.717) is 36.7 Å². The van der Waals surface area contributed by atoms with Gasteiger partial charge < -0.3 is 4.90 Å². The van der Waals surface area contributed by atoms with Gasteiger partial charge in [-0.3, -0.25) is 4.79 Å². The van der Waals surface area contributed by atoms with E-state index in [-0.39, 0.29) is 17.9 Å². The molecule has 1 unspecified atom stereocenters. The summed E-state index contributed by atoms with van der Waals surface area (Å²) >= 11 is 0. The molecule has 0 bridgehead atoms. The molecule has 0 spiro atoms. The maximum Gasteiger partial charge on any atom is 0.243 e. The normalized spacial score (nSPS) is 21.0. The highest BCUT2D eigenvalue weighted by Gasteiger charge is 2.37. The van der Waals surface area contributed by atoms with E-state index in [1.807, 2.05) is 35.2 Å². The monoisotopic (exact) mass is 440 g/mol. The topological polar surface area (TPSA) is 57.7 Å². The number of nitrogens with zero attached hydrogens (tertiary/aromatic N) is 2. The molecular formula is C25H32N2O3S. The van der Waals surface area contributed by atoms with Gasteiger partial charge in [-0.1, -0.05) is 56.3 Å². The predicted octanol–water partition coefficient (Wildman–Crippen LogP) is 4.57. The van der Waals surface area contributed by atoms with Crippen LogP contribution >= 0.6 is 0 Å². The zero-order chi connectivity index (χ0) is 22.0. The van der Waals surface area contributed by atoms with Gasteiger partial charge >= 0.3 is 0 Å². The van der Waals surface area contributed by atoms with Gasteiger partial charge in [-0.2, -0.15) is 4.31 Å². The third kappa shape index (κ3) is 4.55. The first-order chi connectivity index (χ1) is 14.9. The third-order valence-electron chi connectivity index (χ3n) is 6.71. The summed E-state index contributed by atoms with van der Waals surface area (Å²) in [5, 5.41) is 0. The Kier molecular flexibility index (Phi) is 6.49. The highest BCUT2D eigenvalue weighted by atomic mass is 32.2. The fraction of sp³-hybridized carbons (Fsp3) is 0.480. The first-order valence-electron chi connectivity index (χ1n) is 11.3. The van der Waals surface area contributed by atoms with Crippen LogP contribution in [0, 0.1) is 5.92 Å². The molecule has 2 fully saturated rings. The molecule has 0 aromatic heterocycles. The number of hydrogen-bond acceptors (Lipinski definition) is 3. The Morgan fingerprint density at radius 3 is 2.16 bits per heavy atom. The van der Waals surface area contributed by atoms with Crippen molar-refractivity contribution in [2.45, 2.75) is 56.4 Å². The molecule has 31 heavy (non-hydrogen) atoms. The molecule has 4 rings (SSSR count). The Morgan fingerprint density at radius 1 is 0.903 bits per heavy atom. The zero-order valence-corrected chi connectivity index (χ0v) is 19.2. The number of carbonyl (C=O) groups excluding carboxylic acids is 1. The van der Waals surface area contributed by atoms with Crippen molar-refractivity contribution in [2.24, 2.45) is 5.92 Å². The smallest absolute Gasteiger partial charge is 0.243 e. The molecule has 0 radical (unpaired) electrons. The summed E-state index contributed by atoms with van der Waals surface area (Å²) in [4.78, 5) is 15.6. The third-order valence-corrected chi connectivity index (χ3v) is 8.62. The van der Waals surface area contributed by atoms with E-state index in [9.17, 15) is 13.2 Å². The van der Waals surface area contributed by atoms with Gasteiger partial charge in [0.25, 0.3) is 0 Å². The van der Waals surface area contributed by atoms with Crippen molar-refractivity contribution in [1.82, 2.24) is 9.21 Å². The SMILES string of the molecule is CC(C)c1ccc(S(=O)(=O)N2CCC(C(=O)N3CCCC3c3ccccc3)CC2)cc1. The van der Waals surface area contributed by atoms with E-state index in [2.05, 4.69) is 26.0 Å². The number of piperidine rings is 1. The van der Waals surface area contributed by atoms with Crippen molar-refractivity contribution in [3.63, 3.8) is 0 Å². The molecule has 2 aromatic carbocycles. The van der Waals surface area contributed by atoms with E-state index < -0.39 is 10.0 Å². The van der Waals surface area contributed by atoms with Crippen molar-refractivity contribution in [1.29, 1.82) is 0 Å². The second-order valence-electron chi connectivity index (χ2n) is 9.00. The minimum atomic E-state index is -3.52. The molecule has 0 N–H and O–H groups in total. The average Bonchev–Trinajstić information content (AvgIpc) is 3.29. The van der Waals surface area contributed by atoms with Crippen LogP contribution in [0.4, 0.5) is 0 Å². The number of rotatable bonds is 5. The number of amides is 1. The van der Waals surface area contributed by atoms with Gasteiger partial charge in [0.15, 0.2) is 0 Å². The van der Waals surface area contributed by atoms with Crippen molar-refractivity contribution >= 4 is 15.9 Å². The lowest BCUT2D eigenvalue weighted by Gasteiger charge is -2.34. The standard InChI is InChI=1S/C25H32N2O3S/c1-19(2)20-10-12-23(13-11-20)31(29,30)26-17-14-22(15-18-26)25(28)27-16-6-9-24(27)21-7-4-3-5-8-21/h3-5,7-8,10-13,19,22,24H,6,9,14-18H2,1-2H3. The second kappa shape index (κ2) is 9.13. The maximum absolute atomic E-state index is 13.3. The summed E-state index contributed by atoms with van der Waals surface area (Å²) in [6.07, 6.45) is 3.18. The summed E-state index contributed by atoms with van der Waals surface area (Å²) in [5.74, 6) is 0.451. The van der Waals surface area contributed by atoms with Gasteiger partial charge in [0.05, 0.1) is 10.9 Å². The summed E-state index contributed by atoms with van der Waals surface area (Å²) in [6, 6.07) is 17.6. The molecule has 5 nitrogen and oxygen atoms in total. The molecule has 2 aliphatic rings. The molecule has 166 valence electrons. The van der Waals surface area contributed by atoms with E-state index in [4.69, 9.17) is 0 Å². The Balaban J connectivity index is 1.40. The van der Waals surface area contributed by atoms with Crippen LogP contribution in [-0.4, -0.2) is 43.2 Å². The van der Waals surface area contributed by atoms with E-state index >= 15 is 0 Å². The molecule has 2 saturated heterocycles. The van der Waals surface area contributed by atoms with Gasteiger partial charge in [-0.15, -0.1) is 0 Å². The van der Waals surface area contributed by atoms with Gasteiger partial charge in [-0.25, -0.2) is 8.42 Å². The van der Waals surface area contributed by atoms with Crippen molar-refractivity contribution in [3.05, 3.63) is 65.7 Å². The lowest BCUT2D eigenvalue weighted by Crippen LogP contribution is -2.44. The first-order valence-corrected chi connectivity index (χ1v) is 12.8. The van der Waals surface area contributed by atoms with Crippen LogP contribution in [0.1, 0.15) is 62.6 Å². The summed E-state index contributed by atoms with van der Waals surface area (Å²) in [5.41, 5.74) is 2.32. The fourth-order valence-electron chi connectivity index (χ4n) is 4.80. The summed E-state index contributed by atoms with van der Waals surface area (Å²) in [7, 11) is -3.52. The Hall–Kier alpha value is -2.18. The molecular weight excluding hydrogens is 408 g/mol. The lowest BCUT2D eigenvalue weighted by molar-refractivity contribution is -0.137. The average molecular weight is 441 g/mol. The Labute approximate surface area is 186 Å². The van der Waals surface area contributed by atoms with Crippen LogP contribution < -0.4 is 0 Å². The first kappa shape index (κ1) is 22.0. The molecule has 1 atom stereocenters. The van der Waals surface area contributed by atoms with Crippen molar-refractivity contribution < 1.29 is 13.2 Å². The molecule has 1 amide bonds. The highest BCUT2D eigenvalue weighted by molar-refractivity contribution is 7.89. The number of carbonyl (C=O) groups is 1. The van der Waals surface area contributed by atoms with Crippen LogP contribution in [0.3, 0.4) is 0 Å². The molecule has 2 heterocycles. The van der Waals surface area contributed by atoms with Crippen LogP contribution in [-0.2, 0) is 14.8 Å². The largest absolute Gasteiger partial charge is 0.335 e. The van der Waals surface area contributed by atoms with E-state index in [0.717, 1.165) is 24.9 Å².